The zero-order valence-electron chi connectivity index (χ0n) is 11.8. The van der Waals surface area contributed by atoms with Gasteiger partial charge in [0.1, 0.15) is 6.33 Å². The molecule has 0 aliphatic heterocycles. The summed E-state index contributed by atoms with van der Waals surface area (Å²) >= 11 is 0. The van der Waals surface area contributed by atoms with Gasteiger partial charge in [-0.3, -0.25) is 9.48 Å². The second-order valence-corrected chi connectivity index (χ2v) is 4.45. The number of aromatic nitrogens is 3. The molecule has 0 spiro atoms. The van der Waals surface area contributed by atoms with Gasteiger partial charge in [-0.2, -0.15) is 5.10 Å². The monoisotopic (exact) mass is 273 g/mol. The van der Waals surface area contributed by atoms with Gasteiger partial charge in [0.2, 0.25) is 0 Å². The lowest BCUT2D eigenvalue weighted by Gasteiger charge is -2.06. The van der Waals surface area contributed by atoms with Crippen LogP contribution in [0.15, 0.2) is 30.6 Å². The molecule has 106 valence electrons. The molecule has 0 unspecified atom stereocenters. The molecular weight excluding hydrogens is 254 g/mol. The first kappa shape index (κ1) is 14.0. The lowest BCUT2D eigenvalue weighted by Crippen LogP contribution is -2.25. The van der Waals surface area contributed by atoms with Crippen LogP contribution in [0.5, 0.6) is 0 Å². The Morgan fingerprint density at radius 1 is 1.30 bits per heavy atom. The molecule has 0 atom stereocenters. The smallest absolute Gasteiger partial charge is 0.251 e. The molecule has 1 heterocycles. The summed E-state index contributed by atoms with van der Waals surface area (Å²) in [6.07, 6.45) is 2.28. The van der Waals surface area contributed by atoms with Crippen molar-refractivity contribution in [2.24, 2.45) is 7.05 Å². The Hall–Kier alpha value is -2.37. The quantitative estimate of drug-likeness (QED) is 0.830. The van der Waals surface area contributed by atoms with Crippen molar-refractivity contribution in [2.75, 3.05) is 18.4 Å². The predicted molar refractivity (Wildman–Crippen MR) is 77.6 cm³/mol. The Balaban J connectivity index is 1.82. The van der Waals surface area contributed by atoms with E-state index in [4.69, 9.17) is 0 Å². The number of nitrogens with one attached hydrogen (secondary N) is 2. The number of rotatable bonds is 6. The zero-order valence-corrected chi connectivity index (χ0v) is 11.8. The minimum absolute atomic E-state index is 0.0796. The summed E-state index contributed by atoms with van der Waals surface area (Å²) in [5, 5.41) is 10.2. The van der Waals surface area contributed by atoms with Gasteiger partial charge in [0.25, 0.3) is 5.91 Å². The molecule has 1 aromatic carbocycles. The van der Waals surface area contributed by atoms with Crippen LogP contribution in [0.4, 0.5) is 5.69 Å². The fourth-order valence-corrected chi connectivity index (χ4v) is 1.83. The third kappa shape index (κ3) is 3.81. The van der Waals surface area contributed by atoms with Gasteiger partial charge in [0, 0.05) is 37.8 Å². The van der Waals surface area contributed by atoms with Crippen LogP contribution in [0.3, 0.4) is 0 Å². The maximum atomic E-state index is 11.9. The van der Waals surface area contributed by atoms with Crippen molar-refractivity contribution in [1.29, 1.82) is 0 Å². The molecule has 20 heavy (non-hydrogen) atoms. The Kier molecular flexibility index (Phi) is 4.70. The molecule has 0 aliphatic carbocycles. The summed E-state index contributed by atoms with van der Waals surface area (Å²) in [5.74, 6) is 0.652. The molecule has 0 aliphatic rings. The number of carbonyl (C=O) groups is 1. The van der Waals surface area contributed by atoms with Crippen molar-refractivity contribution < 1.29 is 4.79 Å². The number of anilines is 1. The average molecular weight is 273 g/mol. The topological polar surface area (TPSA) is 71.8 Å². The van der Waals surface area contributed by atoms with Crippen molar-refractivity contribution in [3.8, 4) is 0 Å². The van der Waals surface area contributed by atoms with Crippen LogP contribution < -0.4 is 10.6 Å². The van der Waals surface area contributed by atoms with E-state index in [1.807, 2.05) is 38.2 Å². The molecule has 0 bridgehead atoms. The van der Waals surface area contributed by atoms with E-state index in [9.17, 15) is 4.79 Å². The van der Waals surface area contributed by atoms with Crippen LogP contribution in [-0.2, 0) is 13.5 Å². The Labute approximate surface area is 118 Å². The molecule has 6 nitrogen and oxygen atoms in total. The maximum absolute atomic E-state index is 11.9. The van der Waals surface area contributed by atoms with E-state index < -0.39 is 0 Å². The van der Waals surface area contributed by atoms with Gasteiger partial charge in [-0.25, -0.2) is 4.98 Å². The van der Waals surface area contributed by atoms with E-state index in [0.717, 1.165) is 18.1 Å². The van der Waals surface area contributed by atoms with Crippen LogP contribution in [0.25, 0.3) is 0 Å². The normalized spacial score (nSPS) is 10.3. The minimum Gasteiger partial charge on any atom is -0.385 e. The molecule has 0 radical (unpaired) electrons. The van der Waals surface area contributed by atoms with Gasteiger partial charge >= 0.3 is 0 Å². The van der Waals surface area contributed by atoms with E-state index in [1.54, 1.807) is 11.0 Å². The largest absolute Gasteiger partial charge is 0.385 e. The number of amides is 1. The van der Waals surface area contributed by atoms with Crippen molar-refractivity contribution in [1.82, 2.24) is 20.1 Å². The van der Waals surface area contributed by atoms with Gasteiger partial charge < -0.3 is 10.6 Å². The van der Waals surface area contributed by atoms with Crippen molar-refractivity contribution in [3.63, 3.8) is 0 Å². The second kappa shape index (κ2) is 6.70. The number of carbonyl (C=O) groups excluding carboxylic acids is 1. The first-order chi connectivity index (χ1) is 9.69. The number of aryl methyl sites for hydroxylation is 1. The highest BCUT2D eigenvalue weighted by Gasteiger charge is 2.05. The number of nitrogens with zero attached hydrogens (tertiary/aromatic N) is 3. The third-order valence-corrected chi connectivity index (χ3v) is 2.81. The standard InChI is InChI=1S/C14H19N5O/c1-3-15-12-6-4-11(5-7-12)14(20)16-9-8-13-17-10-19(2)18-13/h4-7,10,15H,3,8-9H2,1-2H3,(H,16,20). The van der Waals surface area contributed by atoms with Crippen molar-refractivity contribution in [3.05, 3.63) is 42.0 Å². The Morgan fingerprint density at radius 3 is 2.65 bits per heavy atom. The summed E-state index contributed by atoms with van der Waals surface area (Å²) in [6, 6.07) is 7.43. The molecule has 1 amide bonds. The summed E-state index contributed by atoms with van der Waals surface area (Å²) < 4.78 is 1.65. The highest BCUT2D eigenvalue weighted by molar-refractivity contribution is 5.94. The maximum Gasteiger partial charge on any atom is 0.251 e. The minimum atomic E-state index is -0.0796. The van der Waals surface area contributed by atoms with Crippen molar-refractivity contribution >= 4 is 11.6 Å². The third-order valence-electron chi connectivity index (χ3n) is 2.81. The lowest BCUT2D eigenvalue weighted by molar-refractivity contribution is 0.0954. The Bertz CT molecular complexity index is 561. The highest BCUT2D eigenvalue weighted by atomic mass is 16.1. The molecule has 2 rings (SSSR count). The van der Waals surface area contributed by atoms with E-state index in [-0.39, 0.29) is 5.91 Å². The Morgan fingerprint density at radius 2 is 2.05 bits per heavy atom. The van der Waals surface area contributed by atoms with Crippen LogP contribution in [0.1, 0.15) is 23.1 Å². The first-order valence-corrected chi connectivity index (χ1v) is 6.65. The van der Waals surface area contributed by atoms with Crippen molar-refractivity contribution in [2.45, 2.75) is 13.3 Å². The van der Waals surface area contributed by atoms with Crippen LogP contribution in [-0.4, -0.2) is 33.8 Å². The number of hydrogen-bond acceptors (Lipinski definition) is 4. The molecule has 0 saturated carbocycles. The van der Waals surface area contributed by atoms with Crippen LogP contribution >= 0.6 is 0 Å². The average Bonchev–Trinajstić information content (AvgIpc) is 2.85. The van der Waals surface area contributed by atoms with Gasteiger partial charge in [0.05, 0.1) is 0 Å². The van der Waals surface area contributed by atoms with E-state index >= 15 is 0 Å². The fourth-order valence-electron chi connectivity index (χ4n) is 1.83. The fraction of sp³-hybridized carbons (Fsp3) is 0.357. The van der Waals surface area contributed by atoms with Crippen LogP contribution in [0.2, 0.25) is 0 Å². The zero-order chi connectivity index (χ0) is 14.4. The molecule has 2 N–H and O–H groups in total. The molecule has 0 saturated heterocycles. The molecule has 0 fully saturated rings. The predicted octanol–water partition coefficient (Wildman–Crippen LogP) is 1.22. The second-order valence-electron chi connectivity index (χ2n) is 4.45. The SMILES string of the molecule is CCNc1ccc(C(=O)NCCc2ncn(C)n2)cc1. The lowest BCUT2D eigenvalue weighted by atomic mass is 10.2. The summed E-state index contributed by atoms with van der Waals surface area (Å²) in [5.41, 5.74) is 1.67. The van der Waals surface area contributed by atoms with Gasteiger partial charge in [-0.05, 0) is 31.2 Å². The molecule has 2 aromatic rings. The summed E-state index contributed by atoms with van der Waals surface area (Å²) in [4.78, 5) is 16.0. The molecule has 1 aromatic heterocycles. The van der Waals surface area contributed by atoms with E-state index in [0.29, 0.717) is 18.5 Å². The van der Waals surface area contributed by atoms with E-state index in [2.05, 4.69) is 20.7 Å². The summed E-state index contributed by atoms with van der Waals surface area (Å²) in [6.45, 7) is 3.42. The van der Waals surface area contributed by atoms with Gasteiger partial charge in [-0.15, -0.1) is 0 Å². The summed E-state index contributed by atoms with van der Waals surface area (Å²) in [7, 11) is 1.82. The molecule has 6 heteroatoms. The van der Waals surface area contributed by atoms with Gasteiger partial charge in [0.15, 0.2) is 5.82 Å². The number of benzene rings is 1. The van der Waals surface area contributed by atoms with E-state index in [1.165, 1.54) is 0 Å². The highest BCUT2D eigenvalue weighted by Crippen LogP contribution is 2.08. The van der Waals surface area contributed by atoms with Gasteiger partial charge in [-0.1, -0.05) is 0 Å². The first-order valence-electron chi connectivity index (χ1n) is 6.65. The molecular formula is C14H19N5O. The number of hydrogen-bond donors (Lipinski definition) is 2. The van der Waals surface area contributed by atoms with Crippen LogP contribution in [0, 0.1) is 0 Å².